The number of carbonyl (C=O) groups excluding carboxylic acids is 1. The van der Waals surface area contributed by atoms with Crippen LogP contribution in [0, 0.1) is 6.92 Å². The summed E-state index contributed by atoms with van der Waals surface area (Å²) in [5.74, 6) is 0.954. The highest BCUT2D eigenvalue weighted by Crippen LogP contribution is 2.29. The Morgan fingerprint density at radius 3 is 2.67 bits per heavy atom. The van der Waals surface area contributed by atoms with Gasteiger partial charge in [0.15, 0.2) is 5.78 Å². The van der Waals surface area contributed by atoms with Crippen molar-refractivity contribution in [3.8, 4) is 5.75 Å². The van der Waals surface area contributed by atoms with Crippen LogP contribution < -0.4 is 4.74 Å². The number of methoxy groups -OCH3 is 1. The fraction of sp³-hybridized carbons (Fsp3) is 0.211. The fourth-order valence-corrected chi connectivity index (χ4v) is 2.76. The van der Waals surface area contributed by atoms with Crippen LogP contribution >= 0.6 is 0 Å². The summed E-state index contributed by atoms with van der Waals surface area (Å²) in [5.41, 5.74) is 5.10. The quantitative estimate of drug-likeness (QED) is 0.769. The van der Waals surface area contributed by atoms with E-state index in [4.69, 9.17) is 4.74 Å². The highest BCUT2D eigenvalue weighted by atomic mass is 16.5. The van der Waals surface area contributed by atoms with Gasteiger partial charge < -0.3 is 4.74 Å². The molecule has 0 atom stereocenters. The molecule has 2 aromatic rings. The molecule has 2 heteroatoms. The third kappa shape index (κ3) is 2.62. The summed E-state index contributed by atoms with van der Waals surface area (Å²) in [6.07, 6.45) is 3.70. The van der Waals surface area contributed by atoms with Crippen molar-refractivity contribution in [3.05, 3.63) is 70.3 Å². The average molecular weight is 278 g/mol. The molecular weight excluding hydrogens is 260 g/mol. The smallest absolute Gasteiger partial charge is 0.189 e. The molecule has 0 radical (unpaired) electrons. The van der Waals surface area contributed by atoms with E-state index in [1.807, 2.05) is 36.4 Å². The fourth-order valence-electron chi connectivity index (χ4n) is 2.76. The van der Waals surface area contributed by atoms with Crippen LogP contribution in [0.4, 0.5) is 0 Å². The van der Waals surface area contributed by atoms with Crippen molar-refractivity contribution < 1.29 is 9.53 Å². The van der Waals surface area contributed by atoms with Gasteiger partial charge in [-0.05, 0) is 60.7 Å². The second-order valence-electron chi connectivity index (χ2n) is 5.38. The molecule has 0 heterocycles. The van der Waals surface area contributed by atoms with E-state index < -0.39 is 0 Å². The van der Waals surface area contributed by atoms with E-state index in [1.54, 1.807) is 7.11 Å². The van der Waals surface area contributed by atoms with Crippen molar-refractivity contribution in [1.82, 2.24) is 0 Å². The maximum atomic E-state index is 12.6. The van der Waals surface area contributed by atoms with Gasteiger partial charge in [-0.15, -0.1) is 0 Å². The zero-order valence-corrected chi connectivity index (χ0v) is 12.3. The molecule has 106 valence electrons. The van der Waals surface area contributed by atoms with Gasteiger partial charge in [-0.25, -0.2) is 0 Å². The van der Waals surface area contributed by atoms with E-state index in [0.717, 1.165) is 40.9 Å². The van der Waals surface area contributed by atoms with Gasteiger partial charge in [0.2, 0.25) is 0 Å². The Hall–Kier alpha value is -2.35. The Morgan fingerprint density at radius 2 is 1.90 bits per heavy atom. The Balaban J connectivity index is 1.98. The molecule has 2 aromatic carbocycles. The number of aryl methyl sites for hydroxylation is 2. The molecule has 2 nitrogen and oxygen atoms in total. The molecule has 0 unspecified atom stereocenters. The SMILES string of the molecule is COc1ccc2c(c1)CC/C(=C/c1ccccc1C)C2=O. The average Bonchev–Trinajstić information content (AvgIpc) is 2.51. The number of benzene rings is 2. The van der Waals surface area contributed by atoms with Crippen molar-refractivity contribution in [1.29, 1.82) is 0 Å². The largest absolute Gasteiger partial charge is 0.497 e. The van der Waals surface area contributed by atoms with Crippen LogP contribution in [0.15, 0.2) is 48.0 Å². The van der Waals surface area contributed by atoms with Crippen molar-refractivity contribution in [2.75, 3.05) is 7.11 Å². The first-order valence-electron chi connectivity index (χ1n) is 7.17. The van der Waals surface area contributed by atoms with Crippen LogP contribution in [0.1, 0.15) is 33.5 Å². The molecule has 21 heavy (non-hydrogen) atoms. The normalized spacial score (nSPS) is 15.9. The molecule has 0 spiro atoms. The molecule has 0 fully saturated rings. The van der Waals surface area contributed by atoms with Crippen LogP contribution in [0.3, 0.4) is 0 Å². The lowest BCUT2D eigenvalue weighted by atomic mass is 9.85. The number of ether oxygens (including phenoxy) is 1. The van der Waals surface area contributed by atoms with Crippen LogP contribution in [-0.2, 0) is 6.42 Å². The molecule has 0 saturated carbocycles. The first-order valence-corrected chi connectivity index (χ1v) is 7.17. The van der Waals surface area contributed by atoms with Gasteiger partial charge in [0.1, 0.15) is 5.75 Å². The van der Waals surface area contributed by atoms with Gasteiger partial charge in [-0.2, -0.15) is 0 Å². The van der Waals surface area contributed by atoms with Crippen molar-refractivity contribution in [2.45, 2.75) is 19.8 Å². The van der Waals surface area contributed by atoms with Crippen molar-refractivity contribution >= 4 is 11.9 Å². The first kappa shape index (κ1) is 13.6. The third-order valence-corrected chi connectivity index (χ3v) is 4.03. The van der Waals surface area contributed by atoms with E-state index in [9.17, 15) is 4.79 Å². The highest BCUT2D eigenvalue weighted by Gasteiger charge is 2.22. The third-order valence-electron chi connectivity index (χ3n) is 4.03. The molecule has 1 aliphatic carbocycles. The van der Waals surface area contributed by atoms with Gasteiger partial charge in [0.25, 0.3) is 0 Å². The van der Waals surface area contributed by atoms with Crippen LogP contribution in [0.2, 0.25) is 0 Å². The highest BCUT2D eigenvalue weighted by molar-refractivity contribution is 6.13. The number of carbonyl (C=O) groups is 1. The molecule has 0 saturated heterocycles. The topological polar surface area (TPSA) is 26.3 Å². The summed E-state index contributed by atoms with van der Waals surface area (Å²) in [4.78, 5) is 12.6. The van der Waals surface area contributed by atoms with Gasteiger partial charge in [0.05, 0.1) is 7.11 Å². The second-order valence-corrected chi connectivity index (χ2v) is 5.38. The van der Waals surface area contributed by atoms with E-state index >= 15 is 0 Å². The minimum absolute atomic E-state index is 0.141. The Bertz CT molecular complexity index is 726. The van der Waals surface area contributed by atoms with E-state index in [2.05, 4.69) is 19.1 Å². The van der Waals surface area contributed by atoms with Gasteiger partial charge in [0, 0.05) is 11.1 Å². The molecule has 0 N–H and O–H groups in total. The van der Waals surface area contributed by atoms with Crippen LogP contribution in [-0.4, -0.2) is 12.9 Å². The number of ketones is 1. The van der Waals surface area contributed by atoms with Crippen LogP contribution in [0.5, 0.6) is 5.75 Å². The summed E-state index contributed by atoms with van der Waals surface area (Å²) in [6.45, 7) is 2.07. The number of Topliss-reactive ketones (excluding diaryl/α,β-unsaturated/α-hetero) is 1. The van der Waals surface area contributed by atoms with E-state index in [1.165, 1.54) is 5.56 Å². The van der Waals surface area contributed by atoms with E-state index in [0.29, 0.717) is 0 Å². The zero-order valence-electron chi connectivity index (χ0n) is 12.3. The second kappa shape index (κ2) is 5.57. The van der Waals surface area contributed by atoms with E-state index in [-0.39, 0.29) is 5.78 Å². The molecule has 1 aliphatic rings. The maximum absolute atomic E-state index is 12.6. The summed E-state index contributed by atoms with van der Waals surface area (Å²) < 4.78 is 5.23. The van der Waals surface area contributed by atoms with Crippen LogP contribution in [0.25, 0.3) is 6.08 Å². The van der Waals surface area contributed by atoms with Crippen molar-refractivity contribution in [2.24, 2.45) is 0 Å². The number of rotatable bonds is 2. The summed E-state index contributed by atoms with van der Waals surface area (Å²) in [7, 11) is 1.65. The molecule has 0 aromatic heterocycles. The maximum Gasteiger partial charge on any atom is 0.189 e. The number of hydrogen-bond acceptors (Lipinski definition) is 2. The van der Waals surface area contributed by atoms with Crippen molar-refractivity contribution in [3.63, 3.8) is 0 Å². The first-order chi connectivity index (χ1) is 10.2. The molecule has 0 bridgehead atoms. The summed E-state index contributed by atoms with van der Waals surface area (Å²) in [6, 6.07) is 13.8. The molecule has 3 rings (SSSR count). The zero-order chi connectivity index (χ0) is 14.8. The standard InChI is InChI=1S/C19H18O2/c1-13-5-3-4-6-14(13)11-16-8-7-15-12-17(21-2)9-10-18(15)19(16)20/h3-6,9-12H,7-8H2,1-2H3/b16-11-. The lowest BCUT2D eigenvalue weighted by Gasteiger charge is -2.18. The molecular formula is C19H18O2. The Labute approximate surface area is 125 Å². The Morgan fingerprint density at radius 1 is 1.10 bits per heavy atom. The summed E-state index contributed by atoms with van der Waals surface area (Å²) >= 11 is 0. The number of hydrogen-bond donors (Lipinski definition) is 0. The Kier molecular flexibility index (Phi) is 3.61. The van der Waals surface area contributed by atoms with Gasteiger partial charge >= 0.3 is 0 Å². The molecule has 0 aliphatic heterocycles. The predicted molar refractivity (Wildman–Crippen MR) is 84.8 cm³/mol. The lowest BCUT2D eigenvalue weighted by Crippen LogP contribution is -2.14. The predicted octanol–water partition coefficient (Wildman–Crippen LogP) is 4.22. The van der Waals surface area contributed by atoms with Gasteiger partial charge in [-0.1, -0.05) is 24.3 Å². The minimum atomic E-state index is 0.141. The minimum Gasteiger partial charge on any atom is -0.497 e. The summed E-state index contributed by atoms with van der Waals surface area (Å²) in [5, 5.41) is 0. The number of allylic oxidation sites excluding steroid dienone is 1. The monoisotopic (exact) mass is 278 g/mol. The van der Waals surface area contributed by atoms with Gasteiger partial charge in [-0.3, -0.25) is 4.79 Å². The molecule has 0 amide bonds. The lowest BCUT2D eigenvalue weighted by molar-refractivity contribution is 0.102. The number of fused-ring (bicyclic) bond motifs is 1.